The molecule has 0 aliphatic heterocycles. The standard InChI is InChI=1S/C16H18N2O4S/c1-3-22-16(19)13-8-6-12(7-9-13)11-18-15-14(23(2,20)21)5-4-10-17-15/h4-10H,3,11H2,1-2H3,(H,17,18). The Morgan fingerprint density at radius 2 is 1.91 bits per heavy atom. The highest BCUT2D eigenvalue weighted by atomic mass is 32.2. The monoisotopic (exact) mass is 334 g/mol. The average Bonchev–Trinajstić information content (AvgIpc) is 2.53. The van der Waals surface area contributed by atoms with Gasteiger partial charge in [0.1, 0.15) is 10.7 Å². The number of aromatic nitrogens is 1. The molecule has 6 nitrogen and oxygen atoms in total. The Morgan fingerprint density at radius 3 is 2.52 bits per heavy atom. The van der Waals surface area contributed by atoms with Crippen LogP contribution in [0.5, 0.6) is 0 Å². The van der Waals surface area contributed by atoms with Crippen molar-refractivity contribution in [2.45, 2.75) is 18.4 Å². The summed E-state index contributed by atoms with van der Waals surface area (Å²) in [5.41, 5.74) is 1.37. The number of nitrogens with zero attached hydrogens (tertiary/aromatic N) is 1. The van der Waals surface area contributed by atoms with Gasteiger partial charge in [0.15, 0.2) is 9.84 Å². The summed E-state index contributed by atoms with van der Waals surface area (Å²) >= 11 is 0. The van der Waals surface area contributed by atoms with Gasteiger partial charge in [-0.2, -0.15) is 0 Å². The van der Waals surface area contributed by atoms with E-state index in [-0.39, 0.29) is 10.9 Å². The number of carbonyl (C=O) groups excluding carboxylic acids is 1. The Morgan fingerprint density at radius 1 is 1.22 bits per heavy atom. The van der Waals surface area contributed by atoms with E-state index >= 15 is 0 Å². The largest absolute Gasteiger partial charge is 0.462 e. The van der Waals surface area contributed by atoms with Gasteiger partial charge in [-0.3, -0.25) is 0 Å². The van der Waals surface area contributed by atoms with E-state index in [2.05, 4.69) is 10.3 Å². The molecule has 0 unspecified atom stereocenters. The summed E-state index contributed by atoms with van der Waals surface area (Å²) in [6, 6.07) is 9.99. The summed E-state index contributed by atoms with van der Waals surface area (Å²) in [6.07, 6.45) is 2.67. The van der Waals surface area contributed by atoms with Crippen LogP contribution in [0.15, 0.2) is 47.5 Å². The van der Waals surface area contributed by atoms with E-state index in [1.807, 2.05) is 0 Å². The molecule has 1 aromatic heterocycles. The van der Waals surface area contributed by atoms with E-state index in [0.717, 1.165) is 11.8 Å². The molecular formula is C16H18N2O4S. The first-order valence-corrected chi connectivity index (χ1v) is 8.96. The van der Waals surface area contributed by atoms with Gasteiger partial charge in [0.25, 0.3) is 0 Å². The number of carbonyl (C=O) groups is 1. The van der Waals surface area contributed by atoms with Gasteiger partial charge in [0, 0.05) is 19.0 Å². The van der Waals surface area contributed by atoms with E-state index in [1.54, 1.807) is 37.3 Å². The van der Waals surface area contributed by atoms with Gasteiger partial charge in [-0.1, -0.05) is 12.1 Å². The fourth-order valence-electron chi connectivity index (χ4n) is 1.98. The van der Waals surface area contributed by atoms with E-state index in [9.17, 15) is 13.2 Å². The van der Waals surface area contributed by atoms with E-state index in [1.165, 1.54) is 12.3 Å². The van der Waals surface area contributed by atoms with Gasteiger partial charge >= 0.3 is 5.97 Å². The maximum absolute atomic E-state index is 11.7. The third-order valence-electron chi connectivity index (χ3n) is 3.10. The first-order chi connectivity index (χ1) is 10.9. The number of pyridine rings is 1. The molecule has 0 atom stereocenters. The molecule has 0 saturated heterocycles. The van der Waals surface area contributed by atoms with Crippen LogP contribution in [0.3, 0.4) is 0 Å². The first kappa shape index (κ1) is 17.0. The summed E-state index contributed by atoms with van der Waals surface area (Å²) in [5, 5.41) is 3.00. The van der Waals surface area contributed by atoms with Crippen LogP contribution in [0, 0.1) is 0 Å². The van der Waals surface area contributed by atoms with Crippen LogP contribution in [0.1, 0.15) is 22.8 Å². The highest BCUT2D eigenvalue weighted by Crippen LogP contribution is 2.18. The number of hydrogen-bond acceptors (Lipinski definition) is 6. The van der Waals surface area contributed by atoms with E-state index < -0.39 is 9.84 Å². The van der Waals surface area contributed by atoms with Gasteiger partial charge in [-0.25, -0.2) is 18.2 Å². The van der Waals surface area contributed by atoms with Gasteiger partial charge < -0.3 is 10.1 Å². The fourth-order valence-corrected chi connectivity index (χ4v) is 2.78. The Hall–Kier alpha value is -2.41. The molecule has 0 aliphatic carbocycles. The number of hydrogen-bond donors (Lipinski definition) is 1. The number of sulfone groups is 1. The average molecular weight is 334 g/mol. The van der Waals surface area contributed by atoms with Crippen LogP contribution in [0.25, 0.3) is 0 Å². The lowest BCUT2D eigenvalue weighted by molar-refractivity contribution is 0.0526. The second-order valence-corrected chi connectivity index (χ2v) is 6.88. The Balaban J connectivity index is 2.09. The predicted octanol–water partition coefficient (Wildman–Crippen LogP) is 2.27. The molecule has 1 aromatic carbocycles. The summed E-state index contributed by atoms with van der Waals surface area (Å²) in [6.45, 7) is 2.47. The minimum atomic E-state index is -3.35. The smallest absolute Gasteiger partial charge is 0.338 e. The van der Waals surface area contributed by atoms with Crippen molar-refractivity contribution in [1.29, 1.82) is 0 Å². The number of rotatable bonds is 6. The third kappa shape index (κ3) is 4.53. The summed E-state index contributed by atoms with van der Waals surface area (Å²) in [5.74, 6) is -0.0550. The van der Waals surface area contributed by atoms with Crippen molar-refractivity contribution in [3.8, 4) is 0 Å². The Labute approximate surface area is 135 Å². The summed E-state index contributed by atoms with van der Waals surface area (Å²) in [7, 11) is -3.35. The molecule has 0 amide bonds. The molecule has 0 radical (unpaired) electrons. The summed E-state index contributed by atoms with van der Waals surface area (Å²) in [4.78, 5) is 15.8. The molecule has 2 aromatic rings. The van der Waals surface area contributed by atoms with E-state index in [4.69, 9.17) is 4.74 Å². The molecule has 0 bridgehead atoms. The Bertz CT molecular complexity index is 786. The van der Waals surface area contributed by atoms with Gasteiger partial charge in [-0.15, -0.1) is 0 Å². The molecule has 0 saturated carbocycles. The van der Waals surface area contributed by atoms with Crippen LogP contribution in [0.4, 0.5) is 5.82 Å². The van der Waals surface area contributed by atoms with Crippen LogP contribution in [-0.4, -0.2) is 32.2 Å². The first-order valence-electron chi connectivity index (χ1n) is 7.07. The molecule has 2 rings (SSSR count). The van der Waals surface area contributed by atoms with Crippen LogP contribution in [0.2, 0.25) is 0 Å². The molecule has 1 N–H and O–H groups in total. The molecular weight excluding hydrogens is 316 g/mol. The Kier molecular flexibility index (Phi) is 5.33. The van der Waals surface area contributed by atoms with Crippen molar-refractivity contribution in [2.75, 3.05) is 18.2 Å². The molecule has 1 heterocycles. The van der Waals surface area contributed by atoms with Gasteiger partial charge in [0.2, 0.25) is 0 Å². The lowest BCUT2D eigenvalue weighted by Gasteiger charge is -2.10. The molecule has 23 heavy (non-hydrogen) atoms. The zero-order valence-electron chi connectivity index (χ0n) is 12.9. The summed E-state index contributed by atoms with van der Waals surface area (Å²) < 4.78 is 28.3. The molecule has 122 valence electrons. The zero-order chi connectivity index (χ0) is 16.9. The van der Waals surface area contributed by atoms with Crippen molar-refractivity contribution in [3.63, 3.8) is 0 Å². The van der Waals surface area contributed by atoms with Crippen molar-refractivity contribution >= 4 is 21.6 Å². The van der Waals surface area contributed by atoms with Crippen LogP contribution >= 0.6 is 0 Å². The highest BCUT2D eigenvalue weighted by Gasteiger charge is 2.13. The molecule has 0 fully saturated rings. The van der Waals surface area contributed by atoms with Crippen molar-refractivity contribution in [2.24, 2.45) is 0 Å². The SMILES string of the molecule is CCOC(=O)c1ccc(CNc2ncccc2S(C)(=O)=O)cc1. The van der Waals surface area contributed by atoms with Crippen molar-refractivity contribution in [1.82, 2.24) is 4.98 Å². The van der Waals surface area contributed by atoms with Crippen LogP contribution < -0.4 is 5.32 Å². The topological polar surface area (TPSA) is 85.4 Å². The van der Waals surface area contributed by atoms with Crippen molar-refractivity contribution < 1.29 is 17.9 Å². The fraction of sp³-hybridized carbons (Fsp3) is 0.250. The maximum Gasteiger partial charge on any atom is 0.338 e. The quantitative estimate of drug-likeness (QED) is 0.816. The molecule has 0 spiro atoms. The normalized spacial score (nSPS) is 11.0. The van der Waals surface area contributed by atoms with Crippen LogP contribution in [-0.2, 0) is 21.1 Å². The minimum Gasteiger partial charge on any atom is -0.462 e. The highest BCUT2D eigenvalue weighted by molar-refractivity contribution is 7.90. The number of nitrogens with one attached hydrogen (secondary N) is 1. The van der Waals surface area contributed by atoms with E-state index in [0.29, 0.717) is 24.5 Å². The maximum atomic E-state index is 11.7. The predicted molar refractivity (Wildman–Crippen MR) is 87.1 cm³/mol. The number of esters is 1. The molecule has 0 aliphatic rings. The van der Waals surface area contributed by atoms with Gasteiger partial charge in [-0.05, 0) is 36.8 Å². The molecule has 7 heteroatoms. The minimum absolute atomic E-state index is 0.156. The second-order valence-electron chi connectivity index (χ2n) is 4.89. The second kappa shape index (κ2) is 7.23. The van der Waals surface area contributed by atoms with Gasteiger partial charge in [0.05, 0.1) is 12.2 Å². The number of ether oxygens (including phenoxy) is 1. The number of anilines is 1. The third-order valence-corrected chi connectivity index (χ3v) is 4.22. The number of benzene rings is 1. The lowest BCUT2D eigenvalue weighted by atomic mass is 10.1. The lowest BCUT2D eigenvalue weighted by Crippen LogP contribution is -2.08. The van der Waals surface area contributed by atoms with Crippen molar-refractivity contribution in [3.05, 3.63) is 53.7 Å². The zero-order valence-corrected chi connectivity index (χ0v) is 13.8.